The number of benzene rings is 4. The highest BCUT2D eigenvalue weighted by atomic mass is 16.5. The Morgan fingerprint density at radius 1 is 0.800 bits per heavy atom. The zero-order valence-electron chi connectivity index (χ0n) is 20.1. The van der Waals surface area contributed by atoms with Crippen LogP contribution in [0, 0.1) is 0 Å². The smallest absolute Gasteiger partial charge is 0.151 e. The summed E-state index contributed by atoms with van der Waals surface area (Å²) in [6, 6.07) is 30.9. The molecule has 5 aromatic rings. The minimum Gasteiger partial charge on any atom is -0.497 e. The number of hydrogen-bond acceptors (Lipinski definition) is 4. The van der Waals surface area contributed by atoms with Crippen LogP contribution in [-0.2, 0) is 13.6 Å². The molecule has 0 bridgehead atoms. The van der Waals surface area contributed by atoms with Crippen molar-refractivity contribution in [3.63, 3.8) is 0 Å². The van der Waals surface area contributed by atoms with Gasteiger partial charge in [0.05, 0.1) is 38.0 Å². The SMILES string of the molecule is COc1ccc(C/N=C/c2nc3c(-c4ccccc4)ccc(-c4ccccc4)c3n2C)c(OC)c1. The van der Waals surface area contributed by atoms with E-state index in [0.29, 0.717) is 6.54 Å². The Labute approximate surface area is 205 Å². The highest BCUT2D eigenvalue weighted by molar-refractivity contribution is 6.03. The first-order valence-electron chi connectivity index (χ1n) is 11.5. The van der Waals surface area contributed by atoms with Crippen LogP contribution in [0.4, 0.5) is 0 Å². The Kier molecular flexibility index (Phi) is 6.31. The number of aromatic nitrogens is 2. The van der Waals surface area contributed by atoms with Crippen molar-refractivity contribution in [1.29, 1.82) is 0 Å². The predicted molar refractivity (Wildman–Crippen MR) is 142 cm³/mol. The van der Waals surface area contributed by atoms with Crippen molar-refractivity contribution in [2.24, 2.45) is 12.0 Å². The Balaban J connectivity index is 1.58. The van der Waals surface area contributed by atoms with E-state index in [2.05, 4.69) is 65.2 Å². The molecule has 5 nitrogen and oxygen atoms in total. The van der Waals surface area contributed by atoms with Crippen molar-refractivity contribution in [3.8, 4) is 33.8 Å². The zero-order valence-corrected chi connectivity index (χ0v) is 20.1. The fourth-order valence-corrected chi connectivity index (χ4v) is 4.36. The van der Waals surface area contributed by atoms with Crippen LogP contribution in [0.25, 0.3) is 33.3 Å². The normalized spacial score (nSPS) is 11.3. The third kappa shape index (κ3) is 4.41. The van der Waals surface area contributed by atoms with Crippen molar-refractivity contribution >= 4 is 17.2 Å². The molecular formula is C30H27N3O2. The molecule has 5 heteroatoms. The average molecular weight is 462 g/mol. The van der Waals surface area contributed by atoms with Crippen LogP contribution in [0.5, 0.6) is 11.5 Å². The summed E-state index contributed by atoms with van der Waals surface area (Å²) in [5.74, 6) is 2.31. The summed E-state index contributed by atoms with van der Waals surface area (Å²) in [6.07, 6.45) is 1.84. The van der Waals surface area contributed by atoms with E-state index in [4.69, 9.17) is 19.5 Å². The van der Waals surface area contributed by atoms with Gasteiger partial charge < -0.3 is 14.0 Å². The molecule has 0 unspecified atom stereocenters. The number of hydrogen-bond donors (Lipinski definition) is 0. The van der Waals surface area contributed by atoms with Crippen LogP contribution in [-0.4, -0.2) is 30.0 Å². The lowest BCUT2D eigenvalue weighted by atomic mass is 9.98. The fraction of sp³-hybridized carbons (Fsp3) is 0.133. The van der Waals surface area contributed by atoms with E-state index in [-0.39, 0.29) is 0 Å². The number of fused-ring (bicyclic) bond motifs is 1. The molecule has 1 aromatic heterocycles. The summed E-state index contributed by atoms with van der Waals surface area (Å²) in [7, 11) is 5.35. The van der Waals surface area contributed by atoms with Gasteiger partial charge in [0.1, 0.15) is 11.5 Å². The van der Waals surface area contributed by atoms with E-state index in [0.717, 1.165) is 56.2 Å². The summed E-state index contributed by atoms with van der Waals surface area (Å²) >= 11 is 0. The van der Waals surface area contributed by atoms with Crippen LogP contribution >= 0.6 is 0 Å². The number of methoxy groups -OCH3 is 2. The molecule has 0 fully saturated rings. The van der Waals surface area contributed by atoms with Crippen molar-refractivity contribution in [2.45, 2.75) is 6.54 Å². The van der Waals surface area contributed by atoms with E-state index in [1.807, 2.05) is 43.6 Å². The topological polar surface area (TPSA) is 48.6 Å². The molecule has 0 aliphatic carbocycles. The first kappa shape index (κ1) is 22.4. The summed E-state index contributed by atoms with van der Waals surface area (Å²) in [4.78, 5) is 9.75. The summed E-state index contributed by atoms with van der Waals surface area (Å²) in [6.45, 7) is 0.480. The van der Waals surface area contributed by atoms with Gasteiger partial charge in [-0.15, -0.1) is 0 Å². The van der Waals surface area contributed by atoms with Gasteiger partial charge in [0.25, 0.3) is 0 Å². The highest BCUT2D eigenvalue weighted by Gasteiger charge is 2.16. The van der Waals surface area contributed by atoms with E-state index in [1.54, 1.807) is 14.2 Å². The molecule has 0 saturated heterocycles. The van der Waals surface area contributed by atoms with Gasteiger partial charge >= 0.3 is 0 Å². The molecule has 0 saturated carbocycles. The van der Waals surface area contributed by atoms with Crippen molar-refractivity contribution in [3.05, 3.63) is 102 Å². The maximum atomic E-state index is 5.52. The summed E-state index contributed by atoms with van der Waals surface area (Å²) in [5, 5.41) is 0. The number of ether oxygens (including phenoxy) is 2. The zero-order chi connectivity index (χ0) is 24.2. The third-order valence-corrected chi connectivity index (χ3v) is 6.19. The molecule has 0 radical (unpaired) electrons. The second-order valence-corrected chi connectivity index (χ2v) is 8.27. The quantitative estimate of drug-likeness (QED) is 0.259. The van der Waals surface area contributed by atoms with E-state index >= 15 is 0 Å². The second kappa shape index (κ2) is 9.85. The monoisotopic (exact) mass is 461 g/mol. The lowest BCUT2D eigenvalue weighted by Crippen LogP contribution is -1.98. The first-order valence-corrected chi connectivity index (χ1v) is 11.5. The van der Waals surface area contributed by atoms with Gasteiger partial charge in [-0.2, -0.15) is 0 Å². The van der Waals surface area contributed by atoms with Gasteiger partial charge in [-0.05, 0) is 23.3 Å². The molecule has 4 aromatic carbocycles. The van der Waals surface area contributed by atoms with Crippen LogP contribution in [0.1, 0.15) is 11.4 Å². The minimum absolute atomic E-state index is 0.480. The highest BCUT2D eigenvalue weighted by Crippen LogP contribution is 2.35. The van der Waals surface area contributed by atoms with Gasteiger partial charge in [0.2, 0.25) is 0 Å². The molecule has 0 aliphatic heterocycles. The van der Waals surface area contributed by atoms with Gasteiger partial charge in [-0.3, -0.25) is 4.99 Å². The van der Waals surface area contributed by atoms with Crippen LogP contribution < -0.4 is 9.47 Å². The van der Waals surface area contributed by atoms with Crippen molar-refractivity contribution in [1.82, 2.24) is 9.55 Å². The molecular weight excluding hydrogens is 434 g/mol. The molecule has 35 heavy (non-hydrogen) atoms. The largest absolute Gasteiger partial charge is 0.497 e. The maximum Gasteiger partial charge on any atom is 0.151 e. The number of aliphatic imine (C=N–C) groups is 1. The summed E-state index contributed by atoms with van der Waals surface area (Å²) < 4.78 is 12.9. The van der Waals surface area contributed by atoms with Crippen LogP contribution in [0.2, 0.25) is 0 Å². The predicted octanol–water partition coefficient (Wildman–Crippen LogP) is 6.54. The Bertz CT molecular complexity index is 1490. The van der Waals surface area contributed by atoms with E-state index in [9.17, 15) is 0 Å². The Morgan fingerprint density at radius 3 is 2.11 bits per heavy atom. The number of nitrogens with zero attached hydrogens (tertiary/aromatic N) is 3. The Hall–Kier alpha value is -4.38. The molecule has 5 rings (SSSR count). The number of aryl methyl sites for hydroxylation is 1. The van der Waals surface area contributed by atoms with Gasteiger partial charge in [0, 0.05) is 29.8 Å². The fourth-order valence-electron chi connectivity index (χ4n) is 4.36. The van der Waals surface area contributed by atoms with Crippen molar-refractivity contribution < 1.29 is 9.47 Å². The van der Waals surface area contributed by atoms with Gasteiger partial charge in [-0.1, -0.05) is 72.8 Å². The molecule has 0 amide bonds. The minimum atomic E-state index is 0.480. The molecule has 0 atom stereocenters. The van der Waals surface area contributed by atoms with Gasteiger partial charge in [0.15, 0.2) is 5.82 Å². The molecule has 174 valence electrons. The van der Waals surface area contributed by atoms with E-state index < -0.39 is 0 Å². The van der Waals surface area contributed by atoms with Gasteiger partial charge in [-0.25, -0.2) is 4.98 Å². The standard InChI is InChI=1S/C30H27N3O2/c1-33-28(20-31-19-23-14-15-24(34-2)18-27(23)35-3)32-29-25(21-10-6-4-7-11-21)16-17-26(30(29)33)22-12-8-5-9-13-22/h4-18,20H,19H2,1-3H3/b31-20+. The third-order valence-electron chi connectivity index (χ3n) is 6.19. The second-order valence-electron chi connectivity index (χ2n) is 8.27. The lowest BCUT2D eigenvalue weighted by Gasteiger charge is -2.10. The first-order chi connectivity index (χ1) is 17.2. The average Bonchev–Trinajstić information content (AvgIpc) is 3.25. The van der Waals surface area contributed by atoms with E-state index in [1.165, 1.54) is 0 Å². The molecule has 1 heterocycles. The van der Waals surface area contributed by atoms with Crippen molar-refractivity contribution in [2.75, 3.05) is 14.2 Å². The molecule has 0 N–H and O–H groups in total. The Morgan fingerprint density at radius 2 is 1.46 bits per heavy atom. The number of rotatable bonds is 7. The summed E-state index contributed by atoms with van der Waals surface area (Å²) in [5.41, 5.74) is 7.58. The van der Waals surface area contributed by atoms with Crippen LogP contribution in [0.3, 0.4) is 0 Å². The van der Waals surface area contributed by atoms with Crippen LogP contribution in [0.15, 0.2) is 96.0 Å². The molecule has 0 aliphatic rings. The lowest BCUT2D eigenvalue weighted by molar-refractivity contribution is 0.391. The molecule has 0 spiro atoms. The number of imidazole rings is 1. The maximum absolute atomic E-state index is 5.52.